The maximum atomic E-state index is 13.5. The van der Waals surface area contributed by atoms with Crippen LogP contribution in [0.15, 0.2) is 73.1 Å². The summed E-state index contributed by atoms with van der Waals surface area (Å²) < 4.78 is 45.8. The molecule has 1 aliphatic heterocycles. The third-order valence-corrected chi connectivity index (χ3v) is 5.35. The maximum absolute atomic E-state index is 13.5. The van der Waals surface area contributed by atoms with Gasteiger partial charge in [0.2, 0.25) is 5.91 Å². The molecule has 37 heavy (non-hydrogen) atoms. The average Bonchev–Trinajstić information content (AvgIpc) is 2.89. The van der Waals surface area contributed by atoms with Crippen molar-refractivity contribution in [3.05, 3.63) is 95.3 Å². The average molecular weight is 513 g/mol. The summed E-state index contributed by atoms with van der Waals surface area (Å²) in [5, 5.41) is 2.54. The first kappa shape index (κ1) is 27.4. The molecule has 0 spiro atoms. The molecule has 0 saturated carbocycles. The number of benzene rings is 2. The Hall–Kier alpha value is -4.18. The number of morpholine rings is 1. The standard InChI is InChI=1S/C19H19F3N2O2.C8H8N2O/c1-13-2-4-14(5-3-13)18(25)23-15-6-7-17(16(12-15)19(20,21)22)24-8-10-26-11-9-24;9-8(11)4-3-7-2-1-5-10-6-7/h2-7,12H,8-11H2,1H3,(H,23,25);1-6H,(H2,9,11). The van der Waals surface area contributed by atoms with Crippen LogP contribution in [0.3, 0.4) is 0 Å². The number of anilines is 2. The van der Waals surface area contributed by atoms with Crippen molar-refractivity contribution in [1.29, 1.82) is 0 Å². The molecule has 0 unspecified atom stereocenters. The smallest absolute Gasteiger partial charge is 0.378 e. The Morgan fingerprint density at radius 2 is 1.78 bits per heavy atom. The fraction of sp³-hybridized carbons (Fsp3) is 0.222. The molecule has 2 heterocycles. The van der Waals surface area contributed by atoms with Gasteiger partial charge in [-0.25, -0.2) is 0 Å². The number of nitrogens with one attached hydrogen (secondary N) is 1. The molecule has 0 aliphatic carbocycles. The van der Waals surface area contributed by atoms with Crippen molar-refractivity contribution < 1.29 is 27.5 Å². The van der Waals surface area contributed by atoms with Crippen molar-refractivity contribution in [2.75, 3.05) is 36.5 Å². The Labute approximate surface area is 212 Å². The van der Waals surface area contributed by atoms with Gasteiger partial charge in [-0.05, 0) is 55.0 Å². The third kappa shape index (κ3) is 8.46. The Balaban J connectivity index is 0.000000289. The minimum Gasteiger partial charge on any atom is -0.378 e. The number of nitrogens with zero attached hydrogens (tertiary/aromatic N) is 2. The molecule has 1 fully saturated rings. The van der Waals surface area contributed by atoms with Crippen LogP contribution >= 0.6 is 0 Å². The summed E-state index contributed by atoms with van der Waals surface area (Å²) in [6, 6.07) is 14.3. The van der Waals surface area contributed by atoms with E-state index in [1.165, 1.54) is 18.2 Å². The van der Waals surface area contributed by atoms with Crippen LogP contribution in [0.4, 0.5) is 24.5 Å². The van der Waals surface area contributed by atoms with Gasteiger partial charge in [-0.3, -0.25) is 14.6 Å². The van der Waals surface area contributed by atoms with E-state index < -0.39 is 23.6 Å². The van der Waals surface area contributed by atoms with Crippen molar-refractivity contribution in [1.82, 2.24) is 4.98 Å². The summed E-state index contributed by atoms with van der Waals surface area (Å²) >= 11 is 0. The van der Waals surface area contributed by atoms with Gasteiger partial charge in [0, 0.05) is 48.5 Å². The largest absolute Gasteiger partial charge is 0.418 e. The zero-order chi connectivity index (χ0) is 26.8. The summed E-state index contributed by atoms with van der Waals surface area (Å²) in [5.74, 6) is -0.897. The highest BCUT2D eigenvalue weighted by molar-refractivity contribution is 6.04. The van der Waals surface area contributed by atoms with Gasteiger partial charge in [0.15, 0.2) is 0 Å². The van der Waals surface area contributed by atoms with Crippen LogP contribution in [0.1, 0.15) is 27.0 Å². The Morgan fingerprint density at radius 3 is 2.38 bits per heavy atom. The highest BCUT2D eigenvalue weighted by atomic mass is 19.4. The molecule has 1 aromatic heterocycles. The quantitative estimate of drug-likeness (QED) is 0.484. The van der Waals surface area contributed by atoms with Crippen LogP contribution in [0.5, 0.6) is 0 Å². The lowest BCUT2D eigenvalue weighted by Crippen LogP contribution is -2.37. The molecule has 194 valence electrons. The van der Waals surface area contributed by atoms with Crippen LogP contribution in [-0.2, 0) is 15.7 Å². The maximum Gasteiger partial charge on any atom is 0.418 e. The first-order valence-electron chi connectivity index (χ1n) is 11.4. The predicted octanol–water partition coefficient (Wildman–Crippen LogP) is 4.68. The molecule has 1 aliphatic rings. The topological polar surface area (TPSA) is 97.5 Å². The number of hydrogen-bond donors (Lipinski definition) is 2. The van der Waals surface area contributed by atoms with Gasteiger partial charge in [-0.1, -0.05) is 23.8 Å². The van der Waals surface area contributed by atoms with Crippen molar-refractivity contribution in [3.63, 3.8) is 0 Å². The monoisotopic (exact) mass is 512 g/mol. The number of pyridine rings is 1. The number of carbonyl (C=O) groups excluding carboxylic acids is 2. The molecule has 7 nitrogen and oxygen atoms in total. The highest BCUT2D eigenvalue weighted by Gasteiger charge is 2.35. The van der Waals surface area contributed by atoms with E-state index in [9.17, 15) is 22.8 Å². The van der Waals surface area contributed by atoms with Crippen LogP contribution in [0.2, 0.25) is 0 Å². The second-order valence-corrected chi connectivity index (χ2v) is 8.17. The number of aryl methyl sites for hydroxylation is 1. The van der Waals surface area contributed by atoms with E-state index in [0.29, 0.717) is 31.9 Å². The first-order chi connectivity index (χ1) is 17.6. The van der Waals surface area contributed by atoms with E-state index >= 15 is 0 Å². The number of nitrogens with two attached hydrogens (primary N) is 1. The number of alkyl halides is 3. The Morgan fingerprint density at radius 1 is 1.08 bits per heavy atom. The summed E-state index contributed by atoms with van der Waals surface area (Å²) in [4.78, 5) is 28.1. The van der Waals surface area contributed by atoms with Gasteiger partial charge >= 0.3 is 6.18 Å². The van der Waals surface area contributed by atoms with E-state index in [-0.39, 0.29) is 11.4 Å². The number of rotatable bonds is 5. The fourth-order valence-electron chi connectivity index (χ4n) is 3.48. The van der Waals surface area contributed by atoms with Crippen LogP contribution in [0.25, 0.3) is 6.08 Å². The van der Waals surface area contributed by atoms with Crippen molar-refractivity contribution in [2.45, 2.75) is 13.1 Å². The molecule has 4 rings (SSSR count). The molecule has 3 aromatic rings. The molecule has 10 heteroatoms. The number of hydrogen-bond acceptors (Lipinski definition) is 5. The number of carbonyl (C=O) groups is 2. The number of aromatic nitrogens is 1. The minimum atomic E-state index is -4.52. The molecule has 1 saturated heterocycles. The first-order valence-corrected chi connectivity index (χ1v) is 11.4. The van der Waals surface area contributed by atoms with E-state index in [0.717, 1.165) is 17.2 Å². The molecular formula is C27H27F3N4O3. The molecule has 2 aromatic carbocycles. The second kappa shape index (κ2) is 12.7. The van der Waals surface area contributed by atoms with Crippen LogP contribution < -0.4 is 16.0 Å². The molecular weight excluding hydrogens is 485 g/mol. The summed E-state index contributed by atoms with van der Waals surface area (Å²) in [6.07, 6.45) is 1.73. The lowest BCUT2D eigenvalue weighted by Gasteiger charge is -2.31. The predicted molar refractivity (Wildman–Crippen MR) is 136 cm³/mol. The number of ether oxygens (including phenoxy) is 1. The summed E-state index contributed by atoms with van der Waals surface area (Å²) in [6.45, 7) is 3.48. The molecule has 0 bridgehead atoms. The zero-order valence-electron chi connectivity index (χ0n) is 20.2. The van der Waals surface area contributed by atoms with Crippen LogP contribution in [0, 0.1) is 6.92 Å². The molecule has 0 radical (unpaired) electrons. The minimum absolute atomic E-state index is 0.106. The normalized spacial score (nSPS) is 13.6. The van der Waals surface area contributed by atoms with E-state index in [2.05, 4.69) is 10.3 Å². The van der Waals surface area contributed by atoms with Gasteiger partial charge < -0.3 is 20.7 Å². The second-order valence-electron chi connectivity index (χ2n) is 8.17. The molecule has 3 N–H and O–H groups in total. The summed E-state index contributed by atoms with van der Waals surface area (Å²) in [5.41, 5.74) is 6.60. The van der Waals surface area contributed by atoms with Crippen LogP contribution in [-0.4, -0.2) is 43.1 Å². The van der Waals surface area contributed by atoms with Gasteiger partial charge in [0.05, 0.1) is 18.8 Å². The Bertz CT molecular complexity index is 1220. The lowest BCUT2D eigenvalue weighted by atomic mass is 10.1. The van der Waals surface area contributed by atoms with E-state index in [4.69, 9.17) is 10.5 Å². The van der Waals surface area contributed by atoms with Crippen molar-refractivity contribution in [3.8, 4) is 0 Å². The summed E-state index contributed by atoms with van der Waals surface area (Å²) in [7, 11) is 0. The van der Waals surface area contributed by atoms with Crippen molar-refractivity contribution >= 4 is 29.3 Å². The number of halogens is 3. The lowest BCUT2D eigenvalue weighted by molar-refractivity contribution is -0.137. The number of primary amides is 1. The third-order valence-electron chi connectivity index (χ3n) is 5.35. The van der Waals surface area contributed by atoms with Gasteiger partial charge in [-0.2, -0.15) is 13.2 Å². The highest BCUT2D eigenvalue weighted by Crippen LogP contribution is 2.38. The van der Waals surface area contributed by atoms with Gasteiger partial charge in [-0.15, -0.1) is 0 Å². The zero-order valence-corrected chi connectivity index (χ0v) is 20.2. The van der Waals surface area contributed by atoms with E-state index in [1.807, 2.05) is 13.0 Å². The SMILES string of the molecule is Cc1ccc(C(=O)Nc2ccc(N3CCOCC3)c(C(F)(F)F)c2)cc1.NC(=O)C=Cc1cccnc1. The Kier molecular flexibility index (Phi) is 9.39. The fourth-order valence-corrected chi connectivity index (χ4v) is 3.48. The van der Waals surface area contributed by atoms with E-state index in [1.54, 1.807) is 53.7 Å². The number of amides is 2. The molecule has 2 amide bonds. The van der Waals surface area contributed by atoms with Gasteiger partial charge in [0.25, 0.3) is 5.91 Å². The van der Waals surface area contributed by atoms with Crippen molar-refractivity contribution in [2.24, 2.45) is 5.73 Å². The molecule has 0 atom stereocenters. The van der Waals surface area contributed by atoms with Gasteiger partial charge in [0.1, 0.15) is 0 Å².